The molecule has 0 saturated heterocycles. The summed E-state index contributed by atoms with van der Waals surface area (Å²) in [6.45, 7) is 1.99. The zero-order chi connectivity index (χ0) is 10.8. The molecule has 0 bridgehead atoms. The molecular formula is C10H14N4S. The first-order valence-electron chi connectivity index (χ1n) is 4.80. The van der Waals surface area contributed by atoms with Gasteiger partial charge in [0.25, 0.3) is 0 Å². The zero-order valence-electron chi connectivity index (χ0n) is 8.84. The van der Waals surface area contributed by atoms with Crippen LogP contribution < -0.4 is 5.73 Å². The first-order chi connectivity index (χ1) is 7.16. The molecule has 0 aliphatic carbocycles. The minimum atomic E-state index is -0.0592. The van der Waals surface area contributed by atoms with Gasteiger partial charge in [-0.25, -0.2) is 9.97 Å². The van der Waals surface area contributed by atoms with E-state index in [4.69, 9.17) is 5.73 Å². The average molecular weight is 222 g/mol. The maximum absolute atomic E-state index is 6.06. The number of nitrogens with two attached hydrogens (primary N) is 1. The monoisotopic (exact) mass is 222 g/mol. The molecule has 2 N–H and O–H groups in total. The summed E-state index contributed by atoms with van der Waals surface area (Å²) < 4.78 is 1.99. The van der Waals surface area contributed by atoms with Crippen molar-refractivity contribution in [2.24, 2.45) is 12.8 Å². The lowest BCUT2D eigenvalue weighted by atomic mass is 10.1. The van der Waals surface area contributed by atoms with Crippen molar-refractivity contribution in [2.75, 3.05) is 0 Å². The Hall–Kier alpha value is -1.20. The second-order valence-electron chi connectivity index (χ2n) is 3.56. The Kier molecular flexibility index (Phi) is 2.83. The number of thiazole rings is 1. The quantitative estimate of drug-likeness (QED) is 0.854. The lowest BCUT2D eigenvalue weighted by Crippen LogP contribution is -2.16. The van der Waals surface area contributed by atoms with Crippen LogP contribution in [0.2, 0.25) is 0 Å². The molecule has 5 heteroatoms. The van der Waals surface area contributed by atoms with E-state index in [1.165, 1.54) is 0 Å². The van der Waals surface area contributed by atoms with Gasteiger partial charge in [-0.05, 0) is 6.92 Å². The maximum atomic E-state index is 6.06. The minimum absolute atomic E-state index is 0.0592. The van der Waals surface area contributed by atoms with Crippen LogP contribution in [0.25, 0.3) is 0 Å². The first kappa shape index (κ1) is 10.3. The molecule has 2 rings (SSSR count). The predicted molar refractivity (Wildman–Crippen MR) is 60.7 cm³/mol. The molecule has 0 aromatic carbocycles. The molecule has 80 valence electrons. The van der Waals surface area contributed by atoms with Gasteiger partial charge in [-0.15, -0.1) is 11.3 Å². The van der Waals surface area contributed by atoms with E-state index < -0.39 is 0 Å². The lowest BCUT2D eigenvalue weighted by Gasteiger charge is -2.08. The highest BCUT2D eigenvalue weighted by Gasteiger charge is 2.12. The molecule has 0 fully saturated rings. The Morgan fingerprint density at radius 1 is 1.60 bits per heavy atom. The van der Waals surface area contributed by atoms with Crippen LogP contribution in [-0.2, 0) is 13.5 Å². The number of hydrogen-bond donors (Lipinski definition) is 1. The highest BCUT2D eigenvalue weighted by atomic mass is 32.1. The number of hydrogen-bond acceptors (Lipinski definition) is 4. The smallest absolute Gasteiger partial charge is 0.110 e. The van der Waals surface area contributed by atoms with E-state index in [2.05, 4.69) is 9.97 Å². The van der Waals surface area contributed by atoms with Gasteiger partial charge in [0.05, 0.1) is 16.7 Å². The van der Waals surface area contributed by atoms with E-state index in [-0.39, 0.29) is 6.04 Å². The fraction of sp³-hybridized carbons (Fsp3) is 0.400. The second-order valence-corrected chi connectivity index (χ2v) is 4.62. The molecule has 0 aliphatic rings. The Bertz CT molecular complexity index is 446. The van der Waals surface area contributed by atoms with E-state index in [9.17, 15) is 0 Å². The van der Waals surface area contributed by atoms with Crippen LogP contribution >= 0.6 is 11.3 Å². The Morgan fingerprint density at radius 2 is 2.40 bits per heavy atom. The van der Waals surface area contributed by atoms with Crippen molar-refractivity contribution in [3.05, 3.63) is 34.3 Å². The Balaban J connectivity index is 2.10. The standard InChI is InChI=1S/C10H14N4S/c1-7-13-9(6-15-7)8(11)5-10-12-3-4-14(10)2/h3-4,6,8H,5,11H2,1-2H3. The predicted octanol–water partition coefficient (Wildman–Crippen LogP) is 1.43. The summed E-state index contributed by atoms with van der Waals surface area (Å²) >= 11 is 1.63. The van der Waals surface area contributed by atoms with Crippen molar-refractivity contribution in [3.63, 3.8) is 0 Å². The topological polar surface area (TPSA) is 56.7 Å². The summed E-state index contributed by atoms with van der Waals surface area (Å²) in [5, 5.41) is 3.07. The number of aryl methyl sites for hydroxylation is 2. The molecular weight excluding hydrogens is 208 g/mol. The normalized spacial score (nSPS) is 13.0. The third-order valence-corrected chi connectivity index (χ3v) is 3.13. The molecule has 0 radical (unpaired) electrons. The highest BCUT2D eigenvalue weighted by Crippen LogP contribution is 2.17. The van der Waals surface area contributed by atoms with Gasteiger partial charge in [0, 0.05) is 31.2 Å². The third-order valence-electron chi connectivity index (χ3n) is 2.34. The summed E-state index contributed by atoms with van der Waals surface area (Å²) in [5.41, 5.74) is 7.02. The number of imidazole rings is 1. The highest BCUT2D eigenvalue weighted by molar-refractivity contribution is 7.09. The average Bonchev–Trinajstić information content (AvgIpc) is 2.77. The third kappa shape index (κ3) is 2.24. The minimum Gasteiger partial charge on any atom is -0.338 e. The van der Waals surface area contributed by atoms with Gasteiger partial charge < -0.3 is 10.3 Å². The first-order valence-corrected chi connectivity index (χ1v) is 5.68. The maximum Gasteiger partial charge on any atom is 0.110 e. The number of nitrogens with zero attached hydrogens (tertiary/aromatic N) is 3. The van der Waals surface area contributed by atoms with E-state index in [1.807, 2.05) is 30.1 Å². The van der Waals surface area contributed by atoms with Crippen molar-refractivity contribution < 1.29 is 0 Å². The van der Waals surface area contributed by atoms with Crippen LogP contribution in [0.15, 0.2) is 17.8 Å². The fourth-order valence-corrected chi connectivity index (χ4v) is 2.12. The molecule has 0 spiro atoms. The fourth-order valence-electron chi connectivity index (χ4n) is 1.44. The van der Waals surface area contributed by atoms with E-state index in [0.29, 0.717) is 0 Å². The summed E-state index contributed by atoms with van der Waals surface area (Å²) in [6.07, 6.45) is 4.44. The van der Waals surface area contributed by atoms with Crippen LogP contribution in [0, 0.1) is 6.92 Å². The Labute approximate surface area is 92.8 Å². The van der Waals surface area contributed by atoms with Crippen molar-refractivity contribution in [2.45, 2.75) is 19.4 Å². The van der Waals surface area contributed by atoms with E-state index in [0.717, 1.165) is 22.9 Å². The second kappa shape index (κ2) is 4.12. The van der Waals surface area contributed by atoms with Gasteiger partial charge in [0.15, 0.2) is 0 Å². The van der Waals surface area contributed by atoms with Gasteiger partial charge in [0.1, 0.15) is 5.82 Å². The molecule has 0 amide bonds. The summed E-state index contributed by atoms with van der Waals surface area (Å²) in [4.78, 5) is 8.62. The number of rotatable bonds is 3. The van der Waals surface area contributed by atoms with Crippen molar-refractivity contribution in [3.8, 4) is 0 Å². The number of aromatic nitrogens is 3. The van der Waals surface area contributed by atoms with Crippen molar-refractivity contribution >= 4 is 11.3 Å². The van der Waals surface area contributed by atoms with Crippen molar-refractivity contribution in [1.29, 1.82) is 0 Å². The molecule has 2 aromatic rings. The SMILES string of the molecule is Cc1nc(C(N)Cc2nccn2C)cs1. The molecule has 4 nitrogen and oxygen atoms in total. The van der Waals surface area contributed by atoms with Crippen LogP contribution in [0.5, 0.6) is 0 Å². The summed E-state index contributed by atoms with van der Waals surface area (Å²) in [5.74, 6) is 0.994. The van der Waals surface area contributed by atoms with Gasteiger partial charge in [-0.2, -0.15) is 0 Å². The van der Waals surface area contributed by atoms with Crippen LogP contribution in [0.3, 0.4) is 0 Å². The van der Waals surface area contributed by atoms with Crippen LogP contribution in [0.1, 0.15) is 22.6 Å². The van der Waals surface area contributed by atoms with Gasteiger partial charge in [-0.3, -0.25) is 0 Å². The molecule has 15 heavy (non-hydrogen) atoms. The molecule has 1 atom stereocenters. The molecule has 0 aliphatic heterocycles. The van der Waals surface area contributed by atoms with E-state index in [1.54, 1.807) is 17.5 Å². The van der Waals surface area contributed by atoms with Gasteiger partial charge >= 0.3 is 0 Å². The lowest BCUT2D eigenvalue weighted by molar-refractivity contribution is 0.646. The summed E-state index contributed by atoms with van der Waals surface area (Å²) in [7, 11) is 1.97. The summed E-state index contributed by atoms with van der Waals surface area (Å²) in [6, 6.07) is -0.0592. The Morgan fingerprint density at radius 3 is 2.93 bits per heavy atom. The van der Waals surface area contributed by atoms with Crippen molar-refractivity contribution in [1.82, 2.24) is 14.5 Å². The molecule has 0 saturated carbocycles. The molecule has 2 aromatic heterocycles. The van der Waals surface area contributed by atoms with Gasteiger partial charge in [0.2, 0.25) is 0 Å². The molecule has 2 heterocycles. The van der Waals surface area contributed by atoms with Crippen LogP contribution in [-0.4, -0.2) is 14.5 Å². The zero-order valence-corrected chi connectivity index (χ0v) is 9.66. The van der Waals surface area contributed by atoms with Crippen LogP contribution in [0.4, 0.5) is 0 Å². The molecule has 1 unspecified atom stereocenters. The van der Waals surface area contributed by atoms with Gasteiger partial charge in [-0.1, -0.05) is 0 Å². The largest absolute Gasteiger partial charge is 0.338 e. The van der Waals surface area contributed by atoms with E-state index >= 15 is 0 Å².